The summed E-state index contributed by atoms with van der Waals surface area (Å²) in [6.07, 6.45) is 0. The van der Waals surface area contributed by atoms with E-state index in [4.69, 9.17) is 10.2 Å². The maximum Gasteiger partial charge on any atom is 0.203 e. The third-order valence-electron chi connectivity index (χ3n) is 1.77. The largest absolute Gasteiger partial charge is 0.508 e. The number of hydrogen-bond acceptors (Lipinski definition) is 2. The van der Waals surface area contributed by atoms with Gasteiger partial charge in [-0.2, -0.15) is 4.39 Å². The second kappa shape index (κ2) is 5.79. The van der Waals surface area contributed by atoms with Gasteiger partial charge in [-0.05, 0) is 24.3 Å². The zero-order valence-corrected chi connectivity index (χ0v) is 8.57. The molecule has 0 aliphatic heterocycles. The van der Waals surface area contributed by atoms with Gasteiger partial charge in [0.1, 0.15) is 5.75 Å². The Hall–Kier alpha value is -2.17. The van der Waals surface area contributed by atoms with Crippen molar-refractivity contribution in [1.82, 2.24) is 0 Å². The van der Waals surface area contributed by atoms with E-state index in [-0.39, 0.29) is 0 Å². The average Bonchev–Trinajstić information content (AvgIpc) is 2.33. The molecule has 2 aromatic carbocycles. The predicted molar refractivity (Wildman–Crippen MR) is 56.1 cm³/mol. The van der Waals surface area contributed by atoms with E-state index in [1.165, 1.54) is 0 Å². The van der Waals surface area contributed by atoms with Gasteiger partial charge in [-0.25, -0.2) is 8.78 Å². The quantitative estimate of drug-likeness (QED) is 0.696. The van der Waals surface area contributed by atoms with Crippen LogP contribution in [-0.2, 0) is 0 Å². The van der Waals surface area contributed by atoms with Gasteiger partial charge < -0.3 is 10.2 Å². The summed E-state index contributed by atoms with van der Waals surface area (Å²) in [7, 11) is 0. The highest BCUT2D eigenvalue weighted by Gasteiger charge is 2.11. The van der Waals surface area contributed by atoms with Gasteiger partial charge in [0.15, 0.2) is 17.4 Å². The molecule has 0 aliphatic rings. The minimum Gasteiger partial charge on any atom is -0.508 e. The Labute approximate surface area is 95.6 Å². The first kappa shape index (κ1) is 12.9. The molecule has 0 bridgehead atoms. The van der Waals surface area contributed by atoms with E-state index in [1.54, 1.807) is 24.3 Å². The van der Waals surface area contributed by atoms with Gasteiger partial charge in [-0.3, -0.25) is 0 Å². The van der Waals surface area contributed by atoms with Crippen molar-refractivity contribution in [2.75, 3.05) is 0 Å². The number of phenolic OH excluding ortho intramolecular Hbond substituents is 2. The Kier molecular flexibility index (Phi) is 4.39. The summed E-state index contributed by atoms with van der Waals surface area (Å²) in [5, 5.41) is 17.1. The standard InChI is InChI=1S/C6H3F3O.C6H6O/c7-3-1-2-4(10)6(9)5(3)8;7-6-4-2-1-3-5-6/h1-2,10H;1-5,7H. The minimum absolute atomic E-state index is 0.322. The van der Waals surface area contributed by atoms with Crippen LogP contribution in [0.25, 0.3) is 0 Å². The van der Waals surface area contributed by atoms with E-state index in [9.17, 15) is 13.2 Å². The molecule has 0 fully saturated rings. The van der Waals surface area contributed by atoms with E-state index in [0.717, 1.165) is 6.07 Å². The molecule has 2 N–H and O–H groups in total. The number of para-hydroxylation sites is 1. The van der Waals surface area contributed by atoms with Gasteiger partial charge >= 0.3 is 0 Å². The van der Waals surface area contributed by atoms with E-state index in [0.29, 0.717) is 11.8 Å². The Morgan fingerprint density at radius 2 is 1.29 bits per heavy atom. The van der Waals surface area contributed by atoms with E-state index in [2.05, 4.69) is 0 Å². The van der Waals surface area contributed by atoms with Crippen molar-refractivity contribution < 1.29 is 23.4 Å². The highest BCUT2D eigenvalue weighted by Crippen LogP contribution is 2.19. The molecule has 2 nitrogen and oxygen atoms in total. The van der Waals surface area contributed by atoms with Gasteiger partial charge in [-0.1, -0.05) is 18.2 Å². The van der Waals surface area contributed by atoms with E-state index < -0.39 is 23.2 Å². The van der Waals surface area contributed by atoms with Crippen LogP contribution in [0.2, 0.25) is 0 Å². The molecule has 5 heteroatoms. The van der Waals surface area contributed by atoms with Crippen molar-refractivity contribution >= 4 is 0 Å². The smallest absolute Gasteiger partial charge is 0.203 e. The fourth-order valence-corrected chi connectivity index (χ4v) is 0.944. The first-order valence-corrected chi connectivity index (χ1v) is 4.59. The van der Waals surface area contributed by atoms with Gasteiger partial charge in [0.25, 0.3) is 0 Å². The Morgan fingerprint density at radius 3 is 1.71 bits per heavy atom. The van der Waals surface area contributed by atoms with Crippen molar-refractivity contribution in [2.45, 2.75) is 0 Å². The minimum atomic E-state index is -1.65. The number of hydrogen-bond donors (Lipinski definition) is 2. The van der Waals surface area contributed by atoms with Crippen LogP contribution in [0.4, 0.5) is 13.2 Å². The van der Waals surface area contributed by atoms with Crippen molar-refractivity contribution in [1.29, 1.82) is 0 Å². The third kappa shape index (κ3) is 3.71. The molecule has 0 amide bonds. The molecule has 0 aliphatic carbocycles. The normalized spacial score (nSPS) is 9.35. The second-order valence-electron chi connectivity index (χ2n) is 3.03. The van der Waals surface area contributed by atoms with Crippen molar-refractivity contribution in [2.24, 2.45) is 0 Å². The predicted octanol–water partition coefficient (Wildman–Crippen LogP) is 3.20. The summed E-state index contributed by atoms with van der Waals surface area (Å²) < 4.78 is 36.2. The van der Waals surface area contributed by atoms with E-state index >= 15 is 0 Å². The zero-order valence-electron chi connectivity index (χ0n) is 8.57. The highest BCUT2D eigenvalue weighted by atomic mass is 19.2. The third-order valence-corrected chi connectivity index (χ3v) is 1.77. The summed E-state index contributed by atoms with van der Waals surface area (Å²) in [4.78, 5) is 0. The van der Waals surface area contributed by atoms with Crippen molar-refractivity contribution in [3.63, 3.8) is 0 Å². The molecular weight excluding hydrogens is 233 g/mol. The molecule has 90 valence electrons. The topological polar surface area (TPSA) is 40.5 Å². The molecule has 0 spiro atoms. The molecule has 0 saturated carbocycles. The maximum absolute atomic E-state index is 12.1. The second-order valence-corrected chi connectivity index (χ2v) is 3.03. The lowest BCUT2D eigenvalue weighted by Gasteiger charge is -1.95. The fraction of sp³-hybridized carbons (Fsp3) is 0. The lowest BCUT2D eigenvalue weighted by molar-refractivity contribution is 0.387. The summed E-state index contributed by atoms with van der Waals surface area (Å²) >= 11 is 0. The van der Waals surface area contributed by atoms with Crippen LogP contribution in [0.15, 0.2) is 42.5 Å². The van der Waals surface area contributed by atoms with Crippen LogP contribution in [0.1, 0.15) is 0 Å². The monoisotopic (exact) mass is 242 g/mol. The lowest BCUT2D eigenvalue weighted by Crippen LogP contribution is -1.88. The molecule has 0 unspecified atom stereocenters. The van der Waals surface area contributed by atoms with Crippen LogP contribution in [-0.4, -0.2) is 10.2 Å². The summed E-state index contributed by atoms with van der Waals surface area (Å²) in [6, 6.07) is 10.1. The molecule has 2 rings (SSSR count). The molecular formula is C12H9F3O2. The number of aromatic hydroxyl groups is 2. The molecule has 0 heterocycles. The van der Waals surface area contributed by atoms with Crippen molar-refractivity contribution in [3.8, 4) is 11.5 Å². The summed E-state index contributed by atoms with van der Waals surface area (Å²) in [6.45, 7) is 0. The molecule has 0 radical (unpaired) electrons. The van der Waals surface area contributed by atoms with Crippen LogP contribution in [0.3, 0.4) is 0 Å². The number of phenols is 2. The number of benzene rings is 2. The molecule has 0 atom stereocenters. The maximum atomic E-state index is 12.1. The number of rotatable bonds is 0. The van der Waals surface area contributed by atoms with Crippen LogP contribution < -0.4 is 0 Å². The Morgan fingerprint density at radius 1 is 0.706 bits per heavy atom. The summed E-state index contributed by atoms with van der Waals surface area (Å²) in [5.74, 6) is -5.09. The lowest BCUT2D eigenvalue weighted by atomic mass is 10.3. The van der Waals surface area contributed by atoms with Gasteiger partial charge in [0.05, 0.1) is 0 Å². The Balaban J connectivity index is 0.000000181. The van der Waals surface area contributed by atoms with Gasteiger partial charge in [0, 0.05) is 0 Å². The SMILES string of the molecule is Oc1ccc(F)c(F)c1F.Oc1ccccc1. The summed E-state index contributed by atoms with van der Waals surface area (Å²) in [5.41, 5.74) is 0. The van der Waals surface area contributed by atoms with Gasteiger partial charge in [-0.15, -0.1) is 0 Å². The molecule has 0 aromatic heterocycles. The molecule has 17 heavy (non-hydrogen) atoms. The average molecular weight is 242 g/mol. The molecule has 0 saturated heterocycles. The van der Waals surface area contributed by atoms with Crippen LogP contribution in [0, 0.1) is 17.5 Å². The fourth-order valence-electron chi connectivity index (χ4n) is 0.944. The molecule has 2 aromatic rings. The Bertz CT molecular complexity index is 460. The number of halogens is 3. The van der Waals surface area contributed by atoms with Crippen molar-refractivity contribution in [3.05, 3.63) is 59.9 Å². The first-order chi connectivity index (χ1) is 8.02. The van der Waals surface area contributed by atoms with E-state index in [1.807, 2.05) is 6.07 Å². The van der Waals surface area contributed by atoms with Crippen LogP contribution in [0.5, 0.6) is 11.5 Å². The highest BCUT2D eigenvalue weighted by molar-refractivity contribution is 5.24. The first-order valence-electron chi connectivity index (χ1n) is 4.59. The zero-order chi connectivity index (χ0) is 12.8. The van der Waals surface area contributed by atoms with Crippen LogP contribution >= 0.6 is 0 Å². The van der Waals surface area contributed by atoms with Gasteiger partial charge in [0.2, 0.25) is 5.82 Å².